The summed E-state index contributed by atoms with van der Waals surface area (Å²) in [6, 6.07) is 17.2. The second kappa shape index (κ2) is 13.1. The van der Waals surface area contributed by atoms with E-state index in [1.54, 1.807) is 17.8 Å². The van der Waals surface area contributed by atoms with Crippen LogP contribution in [0.5, 0.6) is 0 Å². The van der Waals surface area contributed by atoms with Crippen LogP contribution in [-0.2, 0) is 11.3 Å². The summed E-state index contributed by atoms with van der Waals surface area (Å²) in [6.07, 6.45) is 3.47. The van der Waals surface area contributed by atoms with Gasteiger partial charge in [0.15, 0.2) is 0 Å². The van der Waals surface area contributed by atoms with Crippen LogP contribution < -0.4 is 10.6 Å². The van der Waals surface area contributed by atoms with Crippen LogP contribution in [0.25, 0.3) is 0 Å². The highest BCUT2D eigenvalue weighted by molar-refractivity contribution is 7.98. The third-order valence-electron chi connectivity index (χ3n) is 4.82. The van der Waals surface area contributed by atoms with Crippen molar-refractivity contribution < 1.29 is 9.59 Å². The maximum Gasteiger partial charge on any atom is 0.251 e. The zero-order chi connectivity index (χ0) is 21.8. The Labute approximate surface area is 184 Å². The molecule has 6 heteroatoms. The van der Waals surface area contributed by atoms with Gasteiger partial charge in [0.2, 0.25) is 5.91 Å². The van der Waals surface area contributed by atoms with Crippen LogP contribution in [-0.4, -0.2) is 54.9 Å². The van der Waals surface area contributed by atoms with Crippen molar-refractivity contribution in [1.82, 2.24) is 15.5 Å². The molecule has 0 radical (unpaired) electrons. The van der Waals surface area contributed by atoms with Crippen molar-refractivity contribution in [2.24, 2.45) is 0 Å². The molecule has 0 spiro atoms. The van der Waals surface area contributed by atoms with Crippen molar-refractivity contribution in [2.75, 3.05) is 32.1 Å². The highest BCUT2D eigenvalue weighted by atomic mass is 32.2. The van der Waals surface area contributed by atoms with E-state index in [-0.39, 0.29) is 11.8 Å². The number of aryl methyl sites for hydroxylation is 1. The Morgan fingerprint density at radius 2 is 1.87 bits per heavy atom. The monoisotopic (exact) mass is 427 g/mol. The van der Waals surface area contributed by atoms with E-state index in [2.05, 4.69) is 34.7 Å². The molecule has 0 bridgehead atoms. The van der Waals surface area contributed by atoms with Crippen LogP contribution in [0.15, 0.2) is 54.6 Å². The Morgan fingerprint density at radius 1 is 1.10 bits per heavy atom. The Bertz CT molecular complexity index is 798. The zero-order valence-electron chi connectivity index (χ0n) is 18.2. The normalized spacial score (nSPS) is 11.9. The molecule has 0 aliphatic rings. The molecule has 0 saturated heterocycles. The predicted molar refractivity (Wildman–Crippen MR) is 126 cm³/mol. The van der Waals surface area contributed by atoms with Gasteiger partial charge in [0.25, 0.3) is 5.91 Å². The highest BCUT2D eigenvalue weighted by Gasteiger charge is 2.20. The molecule has 2 N–H and O–H groups in total. The first-order valence-electron chi connectivity index (χ1n) is 10.4. The van der Waals surface area contributed by atoms with E-state index < -0.39 is 6.04 Å². The number of nitrogens with one attached hydrogen (secondary N) is 2. The second-order valence-corrected chi connectivity index (χ2v) is 8.53. The quantitative estimate of drug-likeness (QED) is 0.509. The molecule has 1 atom stereocenters. The smallest absolute Gasteiger partial charge is 0.251 e. The van der Waals surface area contributed by atoms with Gasteiger partial charge in [0.1, 0.15) is 6.04 Å². The summed E-state index contributed by atoms with van der Waals surface area (Å²) in [4.78, 5) is 27.5. The number of nitrogens with zero attached hydrogens (tertiary/aromatic N) is 1. The fourth-order valence-corrected chi connectivity index (χ4v) is 3.66. The summed E-state index contributed by atoms with van der Waals surface area (Å²) in [5.41, 5.74) is 2.88. The summed E-state index contributed by atoms with van der Waals surface area (Å²) in [7, 11) is 2.08. The third kappa shape index (κ3) is 8.59. The lowest BCUT2D eigenvalue weighted by Crippen LogP contribution is -2.47. The van der Waals surface area contributed by atoms with Crippen LogP contribution in [0, 0.1) is 6.92 Å². The van der Waals surface area contributed by atoms with E-state index in [9.17, 15) is 9.59 Å². The molecule has 0 fully saturated rings. The van der Waals surface area contributed by atoms with Crippen LogP contribution in [0.1, 0.15) is 34.3 Å². The molecule has 1 unspecified atom stereocenters. The first-order valence-corrected chi connectivity index (χ1v) is 11.8. The molecule has 2 aromatic carbocycles. The number of rotatable bonds is 12. The van der Waals surface area contributed by atoms with Crippen molar-refractivity contribution in [2.45, 2.75) is 32.4 Å². The average Bonchev–Trinajstić information content (AvgIpc) is 2.74. The van der Waals surface area contributed by atoms with Gasteiger partial charge in [0, 0.05) is 18.7 Å². The molecule has 2 aromatic rings. The molecule has 0 aliphatic carbocycles. The van der Waals surface area contributed by atoms with E-state index >= 15 is 0 Å². The van der Waals surface area contributed by atoms with Crippen molar-refractivity contribution in [1.29, 1.82) is 0 Å². The van der Waals surface area contributed by atoms with Gasteiger partial charge in [-0.05, 0) is 63.1 Å². The molecular formula is C24H33N3O2S. The van der Waals surface area contributed by atoms with Crippen molar-refractivity contribution in [3.63, 3.8) is 0 Å². The number of thioether (sulfide) groups is 1. The second-order valence-electron chi connectivity index (χ2n) is 7.54. The Morgan fingerprint density at radius 3 is 2.57 bits per heavy atom. The maximum absolute atomic E-state index is 12.7. The number of hydrogen-bond acceptors (Lipinski definition) is 4. The molecule has 5 nitrogen and oxygen atoms in total. The minimum absolute atomic E-state index is 0.115. The predicted octanol–water partition coefficient (Wildman–Crippen LogP) is 3.48. The van der Waals surface area contributed by atoms with Gasteiger partial charge in [-0.3, -0.25) is 9.59 Å². The van der Waals surface area contributed by atoms with Crippen LogP contribution in [0.4, 0.5) is 0 Å². The Kier molecular flexibility index (Phi) is 10.5. The van der Waals surface area contributed by atoms with Crippen molar-refractivity contribution in [3.05, 3.63) is 71.3 Å². The van der Waals surface area contributed by atoms with Crippen molar-refractivity contribution >= 4 is 23.6 Å². The van der Waals surface area contributed by atoms with Gasteiger partial charge < -0.3 is 15.5 Å². The number of amides is 2. The van der Waals surface area contributed by atoms with Gasteiger partial charge in [0.05, 0.1) is 0 Å². The topological polar surface area (TPSA) is 61.4 Å². The summed E-state index contributed by atoms with van der Waals surface area (Å²) in [5.74, 6) is 0.490. The largest absolute Gasteiger partial charge is 0.354 e. The Balaban J connectivity index is 1.79. The van der Waals surface area contributed by atoms with E-state index in [1.807, 2.05) is 49.6 Å². The zero-order valence-corrected chi connectivity index (χ0v) is 19.0. The number of benzene rings is 2. The number of hydrogen-bond donors (Lipinski definition) is 2. The van der Waals surface area contributed by atoms with Crippen LogP contribution in [0.2, 0.25) is 0 Å². The fourth-order valence-electron chi connectivity index (χ4n) is 3.19. The summed E-state index contributed by atoms with van der Waals surface area (Å²) < 4.78 is 0. The average molecular weight is 428 g/mol. The van der Waals surface area contributed by atoms with Gasteiger partial charge in [-0.2, -0.15) is 11.8 Å². The minimum Gasteiger partial charge on any atom is -0.354 e. The molecule has 162 valence electrons. The standard InChI is InChI=1S/C24H33N3O2S/c1-19-9-7-12-21(17-19)23(28)26-22(13-16-30-3)24(29)25-14-8-15-27(2)18-20-10-5-4-6-11-20/h4-7,9-12,17,22H,8,13-16,18H2,1-3H3,(H,25,29)(H,26,28). The van der Waals surface area contributed by atoms with Gasteiger partial charge >= 0.3 is 0 Å². The van der Waals surface area contributed by atoms with Crippen LogP contribution in [0.3, 0.4) is 0 Å². The molecular weight excluding hydrogens is 394 g/mol. The molecule has 0 aromatic heterocycles. The minimum atomic E-state index is -0.521. The van der Waals surface area contributed by atoms with E-state index in [4.69, 9.17) is 0 Å². The highest BCUT2D eigenvalue weighted by Crippen LogP contribution is 2.07. The molecule has 0 saturated carbocycles. The first-order chi connectivity index (χ1) is 14.5. The van der Waals surface area contributed by atoms with Gasteiger partial charge in [-0.15, -0.1) is 0 Å². The Hall–Kier alpha value is -2.31. The van der Waals surface area contributed by atoms with E-state index in [1.165, 1.54) is 5.56 Å². The summed E-state index contributed by atoms with van der Waals surface area (Å²) in [6.45, 7) is 4.32. The summed E-state index contributed by atoms with van der Waals surface area (Å²) >= 11 is 1.67. The fraction of sp³-hybridized carbons (Fsp3) is 0.417. The van der Waals surface area contributed by atoms with Crippen LogP contribution >= 0.6 is 11.8 Å². The van der Waals surface area contributed by atoms with Crippen molar-refractivity contribution in [3.8, 4) is 0 Å². The molecule has 2 amide bonds. The maximum atomic E-state index is 12.7. The lowest BCUT2D eigenvalue weighted by atomic mass is 10.1. The lowest BCUT2D eigenvalue weighted by molar-refractivity contribution is -0.123. The third-order valence-corrected chi connectivity index (χ3v) is 5.47. The molecule has 0 heterocycles. The van der Waals surface area contributed by atoms with E-state index in [0.29, 0.717) is 18.5 Å². The number of carbonyl (C=O) groups is 2. The first kappa shape index (κ1) is 24.0. The SMILES string of the molecule is CSCCC(NC(=O)c1cccc(C)c1)C(=O)NCCCN(C)Cc1ccccc1. The molecule has 2 rings (SSSR count). The lowest BCUT2D eigenvalue weighted by Gasteiger charge is -2.20. The van der Waals surface area contributed by atoms with E-state index in [0.717, 1.165) is 30.8 Å². The molecule has 30 heavy (non-hydrogen) atoms. The van der Waals surface area contributed by atoms with Gasteiger partial charge in [-0.25, -0.2) is 0 Å². The van der Waals surface area contributed by atoms with Gasteiger partial charge in [-0.1, -0.05) is 48.0 Å². The number of carbonyl (C=O) groups excluding carboxylic acids is 2. The molecule has 0 aliphatic heterocycles. The summed E-state index contributed by atoms with van der Waals surface area (Å²) in [5, 5.41) is 5.89.